The molecular formula is C30H26O7. The van der Waals surface area contributed by atoms with Gasteiger partial charge in [-0.05, 0) is 64.7 Å². The van der Waals surface area contributed by atoms with Crippen LogP contribution in [-0.2, 0) is 0 Å². The minimum atomic E-state index is -0.494. The maximum absolute atomic E-state index is 10.2. The van der Waals surface area contributed by atoms with E-state index in [9.17, 15) is 20.4 Å². The monoisotopic (exact) mass is 498 g/mol. The molecule has 1 aliphatic rings. The predicted octanol–water partition coefficient (Wildman–Crippen LogP) is 5.96. The van der Waals surface area contributed by atoms with Gasteiger partial charge in [0.2, 0.25) is 0 Å². The van der Waals surface area contributed by atoms with E-state index in [4.69, 9.17) is 14.2 Å². The highest BCUT2D eigenvalue weighted by atomic mass is 16.5. The van der Waals surface area contributed by atoms with Crippen molar-refractivity contribution in [3.8, 4) is 40.2 Å². The summed E-state index contributed by atoms with van der Waals surface area (Å²) in [5, 5.41) is 40.2. The fraction of sp³-hybridized carbons (Fsp3) is 0.133. The fourth-order valence-electron chi connectivity index (χ4n) is 4.66. The molecule has 0 saturated carbocycles. The normalized spacial score (nSPS) is 16.4. The number of hydrogen-bond acceptors (Lipinski definition) is 7. The van der Waals surface area contributed by atoms with Crippen LogP contribution in [0.2, 0.25) is 0 Å². The Morgan fingerprint density at radius 2 is 1.24 bits per heavy atom. The Hall–Kier alpha value is -4.78. The minimum Gasteiger partial charge on any atom is -0.508 e. The Morgan fingerprint density at radius 3 is 1.92 bits per heavy atom. The lowest BCUT2D eigenvalue weighted by molar-refractivity contribution is 0.221. The Labute approximate surface area is 214 Å². The first kappa shape index (κ1) is 23.9. The van der Waals surface area contributed by atoms with E-state index in [2.05, 4.69) is 0 Å². The van der Waals surface area contributed by atoms with Crippen LogP contribution in [0.15, 0.2) is 72.8 Å². The van der Waals surface area contributed by atoms with Gasteiger partial charge in [-0.25, -0.2) is 0 Å². The van der Waals surface area contributed by atoms with Crippen molar-refractivity contribution in [1.82, 2.24) is 0 Å². The Bertz CT molecular complexity index is 1470. The summed E-state index contributed by atoms with van der Waals surface area (Å²) >= 11 is 0. The molecule has 37 heavy (non-hydrogen) atoms. The van der Waals surface area contributed by atoms with E-state index in [1.807, 2.05) is 30.4 Å². The van der Waals surface area contributed by atoms with Crippen molar-refractivity contribution < 1.29 is 34.6 Å². The standard InChI is InChI=1S/C30H26O7/c1-35-27-12-18(6-9-24(27)33)4-3-17-5-8-23-26(11-17)37-30(19-7-10-25(34)28(15-19)36-2)29(23)20-13-21(31)16-22(32)14-20/h3-16,29-34H,1-2H3/b4-3+/t29-,30+/m0/s1. The molecule has 188 valence electrons. The Morgan fingerprint density at radius 1 is 0.649 bits per heavy atom. The van der Waals surface area contributed by atoms with Crippen LogP contribution in [0.25, 0.3) is 12.2 Å². The van der Waals surface area contributed by atoms with E-state index >= 15 is 0 Å². The largest absolute Gasteiger partial charge is 0.508 e. The number of rotatable bonds is 6. The molecule has 4 aromatic rings. The molecule has 7 heteroatoms. The molecule has 0 amide bonds. The van der Waals surface area contributed by atoms with Gasteiger partial charge in [0.15, 0.2) is 23.0 Å². The number of methoxy groups -OCH3 is 2. The predicted molar refractivity (Wildman–Crippen MR) is 140 cm³/mol. The van der Waals surface area contributed by atoms with E-state index in [-0.39, 0.29) is 28.9 Å². The molecule has 0 spiro atoms. The summed E-state index contributed by atoms with van der Waals surface area (Å²) in [6, 6.07) is 20.5. The average molecular weight is 499 g/mol. The van der Waals surface area contributed by atoms with Crippen LogP contribution < -0.4 is 14.2 Å². The third kappa shape index (κ3) is 4.71. The minimum absolute atomic E-state index is 0.0200. The van der Waals surface area contributed by atoms with Crippen molar-refractivity contribution in [1.29, 1.82) is 0 Å². The van der Waals surface area contributed by atoms with Crippen molar-refractivity contribution in [2.24, 2.45) is 0 Å². The van der Waals surface area contributed by atoms with Gasteiger partial charge in [-0.15, -0.1) is 0 Å². The van der Waals surface area contributed by atoms with Gasteiger partial charge in [0, 0.05) is 11.6 Å². The van der Waals surface area contributed by atoms with Crippen LogP contribution in [0.4, 0.5) is 0 Å². The highest BCUT2D eigenvalue weighted by Gasteiger charge is 2.37. The second-order valence-corrected chi connectivity index (χ2v) is 8.79. The number of fused-ring (bicyclic) bond motifs is 1. The summed E-state index contributed by atoms with van der Waals surface area (Å²) < 4.78 is 16.9. The SMILES string of the molecule is COc1cc(/C=C/c2ccc3c(c2)O[C@H](c2ccc(O)c(OC)c2)[C@H]3c2cc(O)cc(O)c2)ccc1O. The van der Waals surface area contributed by atoms with Gasteiger partial charge in [-0.2, -0.15) is 0 Å². The molecule has 0 aliphatic carbocycles. The van der Waals surface area contributed by atoms with Crippen LogP contribution in [0, 0.1) is 0 Å². The molecule has 0 unspecified atom stereocenters. The van der Waals surface area contributed by atoms with E-state index in [1.54, 1.807) is 48.5 Å². The van der Waals surface area contributed by atoms with Gasteiger partial charge < -0.3 is 34.6 Å². The molecule has 0 fully saturated rings. The van der Waals surface area contributed by atoms with E-state index in [0.29, 0.717) is 22.8 Å². The zero-order valence-electron chi connectivity index (χ0n) is 20.3. The third-order valence-corrected chi connectivity index (χ3v) is 6.42. The first-order valence-electron chi connectivity index (χ1n) is 11.6. The van der Waals surface area contributed by atoms with Crippen molar-refractivity contribution in [3.63, 3.8) is 0 Å². The first-order chi connectivity index (χ1) is 17.9. The summed E-state index contributed by atoms with van der Waals surface area (Å²) in [5.41, 5.74) is 4.11. The smallest absolute Gasteiger partial charge is 0.161 e. The summed E-state index contributed by atoms with van der Waals surface area (Å²) in [7, 11) is 2.99. The lowest BCUT2D eigenvalue weighted by atomic mass is 9.84. The van der Waals surface area contributed by atoms with Gasteiger partial charge in [-0.1, -0.05) is 36.4 Å². The van der Waals surface area contributed by atoms with Gasteiger partial charge in [-0.3, -0.25) is 0 Å². The van der Waals surface area contributed by atoms with Crippen molar-refractivity contribution in [3.05, 3.63) is 101 Å². The van der Waals surface area contributed by atoms with Crippen molar-refractivity contribution in [2.45, 2.75) is 12.0 Å². The molecule has 0 bridgehead atoms. The first-order valence-corrected chi connectivity index (χ1v) is 11.6. The summed E-state index contributed by atoms with van der Waals surface area (Å²) in [6.45, 7) is 0. The second kappa shape index (κ2) is 9.70. The number of aromatic hydroxyl groups is 4. The Kier molecular flexibility index (Phi) is 6.27. The average Bonchev–Trinajstić information content (AvgIpc) is 3.26. The van der Waals surface area contributed by atoms with Gasteiger partial charge in [0.05, 0.1) is 20.1 Å². The van der Waals surface area contributed by atoms with Crippen LogP contribution >= 0.6 is 0 Å². The summed E-state index contributed by atoms with van der Waals surface area (Å²) in [5.74, 6) is 1.05. The van der Waals surface area contributed by atoms with Crippen LogP contribution in [0.1, 0.15) is 39.8 Å². The second-order valence-electron chi connectivity index (χ2n) is 8.79. The molecular weight excluding hydrogens is 472 g/mol. The van der Waals surface area contributed by atoms with E-state index in [1.165, 1.54) is 20.3 Å². The Balaban J connectivity index is 1.54. The number of benzene rings is 4. The third-order valence-electron chi connectivity index (χ3n) is 6.42. The molecule has 4 N–H and O–H groups in total. The summed E-state index contributed by atoms with van der Waals surface area (Å²) in [4.78, 5) is 0. The highest BCUT2D eigenvalue weighted by molar-refractivity contribution is 5.72. The number of phenolic OH excluding ortho intramolecular Hbond substituents is 4. The molecule has 7 nitrogen and oxygen atoms in total. The maximum atomic E-state index is 10.2. The van der Waals surface area contributed by atoms with Crippen molar-refractivity contribution in [2.75, 3.05) is 14.2 Å². The highest BCUT2D eigenvalue weighted by Crippen LogP contribution is 2.51. The van der Waals surface area contributed by atoms with Crippen LogP contribution in [0.3, 0.4) is 0 Å². The summed E-state index contributed by atoms with van der Waals surface area (Å²) in [6.07, 6.45) is 3.35. The molecule has 1 aliphatic heterocycles. The molecule has 0 saturated heterocycles. The molecule has 5 rings (SSSR count). The molecule has 4 aromatic carbocycles. The molecule has 0 radical (unpaired) electrons. The number of hydrogen-bond donors (Lipinski definition) is 4. The van der Waals surface area contributed by atoms with Crippen molar-refractivity contribution >= 4 is 12.2 Å². The lowest BCUT2D eigenvalue weighted by Crippen LogP contribution is -2.11. The van der Waals surface area contributed by atoms with Gasteiger partial charge in [0.25, 0.3) is 0 Å². The van der Waals surface area contributed by atoms with Crippen LogP contribution in [-0.4, -0.2) is 34.6 Å². The molecule has 1 heterocycles. The topological polar surface area (TPSA) is 109 Å². The molecule has 0 aromatic heterocycles. The quantitative estimate of drug-likeness (QED) is 0.243. The zero-order valence-corrected chi connectivity index (χ0v) is 20.3. The van der Waals surface area contributed by atoms with Crippen LogP contribution in [0.5, 0.6) is 40.2 Å². The fourth-order valence-corrected chi connectivity index (χ4v) is 4.66. The lowest BCUT2D eigenvalue weighted by Gasteiger charge is -2.21. The zero-order chi connectivity index (χ0) is 26.1. The number of phenols is 4. The molecule has 2 atom stereocenters. The van der Waals surface area contributed by atoms with E-state index < -0.39 is 6.10 Å². The van der Waals surface area contributed by atoms with E-state index in [0.717, 1.165) is 22.3 Å². The van der Waals surface area contributed by atoms with Gasteiger partial charge in [0.1, 0.15) is 23.4 Å². The number of ether oxygens (including phenoxy) is 3. The van der Waals surface area contributed by atoms with Gasteiger partial charge >= 0.3 is 0 Å². The maximum Gasteiger partial charge on any atom is 0.161 e.